The Bertz CT molecular complexity index is 887. The number of fused-ring (bicyclic) bond motifs is 1. The minimum Gasteiger partial charge on any atom is -0.496 e. The third-order valence-corrected chi connectivity index (χ3v) is 4.95. The summed E-state index contributed by atoms with van der Waals surface area (Å²) in [4.78, 5) is 28.9. The average molecular weight is 402 g/mol. The fourth-order valence-corrected chi connectivity index (χ4v) is 3.69. The Morgan fingerprint density at radius 1 is 1.32 bits per heavy atom. The number of likely N-dealkylation sites (N-methyl/N-ethyl adjacent to an activating group) is 1. The van der Waals surface area contributed by atoms with Crippen LogP contribution < -0.4 is 15.0 Å². The van der Waals surface area contributed by atoms with Gasteiger partial charge in [-0.3, -0.25) is 14.5 Å². The van der Waals surface area contributed by atoms with E-state index >= 15 is 0 Å². The number of ether oxygens (including phenoxy) is 1. The first kappa shape index (κ1) is 20.2. The largest absolute Gasteiger partial charge is 0.496 e. The van der Waals surface area contributed by atoms with E-state index in [-0.39, 0.29) is 30.8 Å². The number of carbonyl (C=O) groups is 2. The number of carbonyl (C=O) groups excluding carboxylic acids is 2. The molecule has 0 radical (unpaired) electrons. The van der Waals surface area contributed by atoms with E-state index in [1.807, 2.05) is 55.3 Å². The smallest absolute Gasteiger partial charge is 0.241 e. The highest BCUT2D eigenvalue weighted by molar-refractivity contribution is 6.30. The SMILES string of the molecule is COc1ccc(Cl)cc1CN(C)CC(=O)N1c2ccccc2NC(=O)C[C@H]1C. The number of para-hydroxylation sites is 2. The van der Waals surface area contributed by atoms with Crippen LogP contribution in [0.1, 0.15) is 18.9 Å². The van der Waals surface area contributed by atoms with Crippen LogP contribution in [-0.2, 0) is 16.1 Å². The van der Waals surface area contributed by atoms with Crippen molar-refractivity contribution in [3.05, 3.63) is 53.1 Å². The molecular weight excluding hydrogens is 378 g/mol. The number of hydrogen-bond donors (Lipinski definition) is 1. The Morgan fingerprint density at radius 3 is 2.82 bits per heavy atom. The van der Waals surface area contributed by atoms with Crippen molar-refractivity contribution in [1.29, 1.82) is 0 Å². The summed E-state index contributed by atoms with van der Waals surface area (Å²) in [5, 5.41) is 3.50. The first-order valence-corrected chi connectivity index (χ1v) is 9.48. The predicted molar refractivity (Wildman–Crippen MR) is 111 cm³/mol. The molecule has 0 bridgehead atoms. The van der Waals surface area contributed by atoms with Gasteiger partial charge < -0.3 is 15.0 Å². The molecule has 0 aromatic heterocycles. The van der Waals surface area contributed by atoms with E-state index in [1.54, 1.807) is 18.1 Å². The Balaban J connectivity index is 1.78. The van der Waals surface area contributed by atoms with Crippen LogP contribution in [0.3, 0.4) is 0 Å². The van der Waals surface area contributed by atoms with Crippen molar-refractivity contribution in [2.24, 2.45) is 0 Å². The normalized spacial score (nSPS) is 16.4. The van der Waals surface area contributed by atoms with Crippen molar-refractivity contribution in [1.82, 2.24) is 4.90 Å². The van der Waals surface area contributed by atoms with Crippen molar-refractivity contribution >= 4 is 34.8 Å². The van der Waals surface area contributed by atoms with Crippen LogP contribution in [0.2, 0.25) is 5.02 Å². The van der Waals surface area contributed by atoms with E-state index in [1.165, 1.54) is 0 Å². The Hall–Kier alpha value is -2.57. The van der Waals surface area contributed by atoms with Gasteiger partial charge in [-0.15, -0.1) is 0 Å². The van der Waals surface area contributed by atoms with E-state index in [0.717, 1.165) is 17.0 Å². The number of benzene rings is 2. The van der Waals surface area contributed by atoms with Crippen LogP contribution in [-0.4, -0.2) is 43.5 Å². The molecule has 28 heavy (non-hydrogen) atoms. The Morgan fingerprint density at radius 2 is 2.07 bits per heavy atom. The van der Waals surface area contributed by atoms with Gasteiger partial charge in [-0.05, 0) is 44.3 Å². The van der Waals surface area contributed by atoms with Gasteiger partial charge >= 0.3 is 0 Å². The summed E-state index contributed by atoms with van der Waals surface area (Å²) in [6.07, 6.45) is 0.256. The lowest BCUT2D eigenvalue weighted by molar-refractivity contribution is -0.120. The highest BCUT2D eigenvalue weighted by Gasteiger charge is 2.30. The highest BCUT2D eigenvalue weighted by Crippen LogP contribution is 2.31. The van der Waals surface area contributed by atoms with Crippen molar-refractivity contribution in [3.63, 3.8) is 0 Å². The number of hydrogen-bond acceptors (Lipinski definition) is 4. The maximum absolute atomic E-state index is 13.1. The molecule has 148 valence electrons. The fraction of sp³-hybridized carbons (Fsp3) is 0.333. The number of methoxy groups -OCH3 is 1. The summed E-state index contributed by atoms with van der Waals surface area (Å²) in [5.74, 6) is 0.569. The van der Waals surface area contributed by atoms with Gasteiger partial charge in [-0.1, -0.05) is 23.7 Å². The van der Waals surface area contributed by atoms with Gasteiger partial charge in [-0.25, -0.2) is 0 Å². The molecule has 1 atom stereocenters. The van der Waals surface area contributed by atoms with Gasteiger partial charge in [0, 0.05) is 29.6 Å². The molecular formula is C21H24ClN3O3. The number of amides is 2. The third kappa shape index (κ3) is 4.46. The molecule has 2 aromatic rings. The Kier molecular flexibility index (Phi) is 6.21. The molecule has 7 heteroatoms. The van der Waals surface area contributed by atoms with Crippen LogP contribution in [0.25, 0.3) is 0 Å². The topological polar surface area (TPSA) is 61.9 Å². The highest BCUT2D eigenvalue weighted by atomic mass is 35.5. The molecule has 3 rings (SSSR count). The molecule has 0 saturated heterocycles. The number of nitrogens with zero attached hydrogens (tertiary/aromatic N) is 2. The van der Waals surface area contributed by atoms with E-state index in [4.69, 9.17) is 16.3 Å². The molecule has 0 unspecified atom stereocenters. The molecule has 0 fully saturated rings. The quantitative estimate of drug-likeness (QED) is 0.832. The maximum atomic E-state index is 13.1. The molecule has 2 aromatic carbocycles. The van der Waals surface area contributed by atoms with Crippen molar-refractivity contribution in [2.75, 3.05) is 30.9 Å². The van der Waals surface area contributed by atoms with Crippen LogP contribution >= 0.6 is 11.6 Å². The maximum Gasteiger partial charge on any atom is 0.241 e. The number of nitrogens with one attached hydrogen (secondary N) is 1. The summed E-state index contributed by atoms with van der Waals surface area (Å²) in [7, 11) is 3.48. The molecule has 0 aliphatic carbocycles. The van der Waals surface area contributed by atoms with Crippen molar-refractivity contribution in [3.8, 4) is 5.75 Å². The van der Waals surface area contributed by atoms with Crippen LogP contribution in [0.4, 0.5) is 11.4 Å². The number of anilines is 2. The van der Waals surface area contributed by atoms with Gasteiger partial charge in [0.25, 0.3) is 0 Å². The van der Waals surface area contributed by atoms with Gasteiger partial charge in [0.2, 0.25) is 11.8 Å². The minimum absolute atomic E-state index is 0.0695. The van der Waals surface area contributed by atoms with Crippen LogP contribution in [0.5, 0.6) is 5.75 Å². The third-order valence-electron chi connectivity index (χ3n) is 4.72. The van der Waals surface area contributed by atoms with Crippen molar-refractivity contribution < 1.29 is 14.3 Å². The van der Waals surface area contributed by atoms with Gasteiger partial charge in [0.05, 0.1) is 25.0 Å². The molecule has 6 nitrogen and oxygen atoms in total. The first-order valence-electron chi connectivity index (χ1n) is 9.11. The zero-order valence-electron chi connectivity index (χ0n) is 16.2. The molecule has 1 aliphatic rings. The standard InChI is InChI=1S/C21H24ClN3O3/c1-14-10-20(26)23-17-6-4-5-7-18(17)25(14)21(27)13-24(2)12-15-11-16(22)8-9-19(15)28-3/h4-9,11,14H,10,12-13H2,1-3H3,(H,23,26)/t14-/m1/s1. The first-order chi connectivity index (χ1) is 13.4. The lowest BCUT2D eigenvalue weighted by Gasteiger charge is -2.30. The van der Waals surface area contributed by atoms with E-state index in [9.17, 15) is 9.59 Å². The van der Waals surface area contributed by atoms with Gasteiger partial charge in [0.1, 0.15) is 5.75 Å². The summed E-state index contributed by atoms with van der Waals surface area (Å²) in [6, 6.07) is 12.6. The van der Waals surface area contributed by atoms with E-state index in [0.29, 0.717) is 17.3 Å². The summed E-state index contributed by atoms with van der Waals surface area (Å²) >= 11 is 6.10. The van der Waals surface area contributed by atoms with Gasteiger partial charge in [0.15, 0.2) is 0 Å². The summed E-state index contributed by atoms with van der Waals surface area (Å²) in [5.41, 5.74) is 2.29. The molecule has 1 aliphatic heterocycles. The summed E-state index contributed by atoms with van der Waals surface area (Å²) in [6.45, 7) is 2.60. The average Bonchev–Trinajstić information content (AvgIpc) is 2.75. The zero-order chi connectivity index (χ0) is 20.3. The van der Waals surface area contributed by atoms with E-state index in [2.05, 4.69) is 5.32 Å². The lowest BCUT2D eigenvalue weighted by atomic mass is 10.1. The second-order valence-corrected chi connectivity index (χ2v) is 7.45. The Labute approximate surface area is 170 Å². The zero-order valence-corrected chi connectivity index (χ0v) is 17.0. The molecule has 0 spiro atoms. The lowest BCUT2D eigenvalue weighted by Crippen LogP contribution is -2.44. The van der Waals surface area contributed by atoms with E-state index < -0.39 is 0 Å². The second-order valence-electron chi connectivity index (χ2n) is 7.01. The summed E-state index contributed by atoms with van der Waals surface area (Å²) < 4.78 is 5.39. The monoisotopic (exact) mass is 401 g/mol. The molecule has 1 heterocycles. The molecule has 1 N–H and O–H groups in total. The molecule has 2 amide bonds. The van der Waals surface area contributed by atoms with Crippen molar-refractivity contribution in [2.45, 2.75) is 25.9 Å². The predicted octanol–water partition coefficient (Wildman–Crippen LogP) is 3.54. The van der Waals surface area contributed by atoms with Gasteiger partial charge in [-0.2, -0.15) is 0 Å². The fourth-order valence-electron chi connectivity index (χ4n) is 3.49. The second kappa shape index (κ2) is 8.63. The van der Waals surface area contributed by atoms with Crippen LogP contribution in [0, 0.1) is 0 Å². The number of halogens is 1. The van der Waals surface area contributed by atoms with Crippen LogP contribution in [0.15, 0.2) is 42.5 Å². The number of rotatable bonds is 5. The minimum atomic E-state index is -0.231. The molecule has 0 saturated carbocycles.